The highest BCUT2D eigenvalue weighted by atomic mass is 16.5. The molecule has 0 spiro atoms. The van der Waals surface area contributed by atoms with Gasteiger partial charge in [-0.2, -0.15) is 0 Å². The van der Waals surface area contributed by atoms with Crippen molar-refractivity contribution < 1.29 is 9.47 Å². The number of allylic oxidation sites excluding steroid dienone is 6. The molecule has 0 unspecified atom stereocenters. The van der Waals surface area contributed by atoms with E-state index in [4.69, 9.17) is 15.2 Å². The van der Waals surface area contributed by atoms with Gasteiger partial charge >= 0.3 is 0 Å². The summed E-state index contributed by atoms with van der Waals surface area (Å²) in [6, 6.07) is 0. The number of rotatable bonds is 18. The van der Waals surface area contributed by atoms with Crippen LogP contribution in [0.15, 0.2) is 34.9 Å². The minimum Gasteiger partial charge on any atom is -0.381 e. The number of unbranched alkanes of at least 4 members (excludes halogenated alkanes) is 2. The summed E-state index contributed by atoms with van der Waals surface area (Å²) in [6.45, 7) is 12.7. The molecule has 0 bridgehead atoms. The van der Waals surface area contributed by atoms with E-state index in [1.165, 1.54) is 23.1 Å². The monoisotopic (exact) mass is 378 g/mol. The van der Waals surface area contributed by atoms with E-state index in [0.29, 0.717) is 6.54 Å². The van der Waals surface area contributed by atoms with E-state index in [-0.39, 0.29) is 0 Å². The smallest absolute Gasteiger partial charge is 0.0487 e. The molecule has 0 saturated heterocycles. The maximum atomic E-state index is 5.63. The Kier molecular flexibility index (Phi) is 19.2. The quantitative estimate of drug-likeness (QED) is 0.229. The van der Waals surface area contributed by atoms with Gasteiger partial charge in [-0.15, -0.1) is 0 Å². The number of nitrogens with two attached hydrogens (primary N) is 1. The summed E-state index contributed by atoms with van der Waals surface area (Å²) < 4.78 is 11.1. The Bertz CT molecular complexity index is 420. The molecule has 3 nitrogen and oxygen atoms in total. The predicted molar refractivity (Wildman–Crippen MR) is 119 cm³/mol. The number of hydrogen-bond acceptors (Lipinski definition) is 3. The molecule has 0 atom stereocenters. The molecule has 0 aromatic rings. The van der Waals surface area contributed by atoms with Crippen LogP contribution in [-0.4, -0.2) is 33.0 Å². The molecule has 0 aliphatic heterocycles. The van der Waals surface area contributed by atoms with Crippen LogP contribution in [0.4, 0.5) is 0 Å². The first-order valence-corrected chi connectivity index (χ1v) is 10.7. The highest BCUT2D eigenvalue weighted by Crippen LogP contribution is 2.12. The second-order valence-corrected chi connectivity index (χ2v) is 7.52. The summed E-state index contributed by atoms with van der Waals surface area (Å²) in [5.41, 5.74) is 9.79. The molecule has 0 fully saturated rings. The van der Waals surface area contributed by atoms with Gasteiger partial charge in [0.15, 0.2) is 0 Å². The molecule has 0 aromatic heterocycles. The van der Waals surface area contributed by atoms with E-state index < -0.39 is 0 Å². The van der Waals surface area contributed by atoms with Crippen LogP contribution in [0.1, 0.15) is 79.1 Å². The molecule has 0 aromatic carbocycles. The molecule has 157 valence electrons. The second-order valence-electron chi connectivity index (χ2n) is 7.52. The van der Waals surface area contributed by atoms with E-state index in [9.17, 15) is 0 Å². The third-order valence-corrected chi connectivity index (χ3v) is 4.25. The van der Waals surface area contributed by atoms with Crippen LogP contribution in [0.3, 0.4) is 0 Å². The van der Waals surface area contributed by atoms with Crippen molar-refractivity contribution in [3.8, 4) is 0 Å². The normalized spacial score (nSPS) is 12.5. The summed E-state index contributed by atoms with van der Waals surface area (Å²) in [5.74, 6) is 0. The van der Waals surface area contributed by atoms with Crippen molar-refractivity contribution in [2.45, 2.75) is 79.1 Å². The molecule has 3 heteroatoms. The fourth-order valence-corrected chi connectivity index (χ4v) is 2.56. The molecule has 0 rings (SSSR count). The minimum atomic E-state index is 0.702. The van der Waals surface area contributed by atoms with E-state index in [1.807, 2.05) is 0 Å². The van der Waals surface area contributed by atoms with Gasteiger partial charge < -0.3 is 15.2 Å². The van der Waals surface area contributed by atoms with Gasteiger partial charge in [-0.1, -0.05) is 34.9 Å². The first kappa shape index (κ1) is 26.1. The number of hydrogen-bond donors (Lipinski definition) is 1. The highest BCUT2D eigenvalue weighted by Gasteiger charge is 1.94. The zero-order valence-corrected chi connectivity index (χ0v) is 18.4. The largest absolute Gasteiger partial charge is 0.381 e. The first-order chi connectivity index (χ1) is 13.1. The molecule has 0 aliphatic carbocycles. The van der Waals surface area contributed by atoms with Gasteiger partial charge in [0.1, 0.15) is 0 Å². The lowest BCUT2D eigenvalue weighted by molar-refractivity contribution is 0.0815. The van der Waals surface area contributed by atoms with Gasteiger partial charge in [0.05, 0.1) is 0 Å². The van der Waals surface area contributed by atoms with Crippen LogP contribution in [-0.2, 0) is 9.47 Å². The van der Waals surface area contributed by atoms with Crippen molar-refractivity contribution in [3.05, 3.63) is 41.4 Å². The van der Waals surface area contributed by atoms with Gasteiger partial charge in [0, 0.05) is 26.4 Å². The predicted octanol–water partition coefficient (Wildman–Crippen LogP) is 6.16. The molecule has 0 aliphatic rings. The highest BCUT2D eigenvalue weighted by molar-refractivity contribution is 5.08. The topological polar surface area (TPSA) is 44.5 Å². The lowest BCUT2D eigenvalue weighted by atomic mass is 10.1. The summed E-state index contributed by atoms with van der Waals surface area (Å²) >= 11 is 0. The van der Waals surface area contributed by atoms with Crippen molar-refractivity contribution in [2.24, 2.45) is 5.73 Å². The molecule has 27 heavy (non-hydrogen) atoms. The average Bonchev–Trinajstić information content (AvgIpc) is 2.62. The van der Waals surface area contributed by atoms with E-state index in [1.54, 1.807) is 0 Å². The Balaban J connectivity index is 3.51. The van der Waals surface area contributed by atoms with Gasteiger partial charge in [0.2, 0.25) is 0 Å². The summed E-state index contributed by atoms with van der Waals surface area (Å²) in [4.78, 5) is 0. The Labute approximate surface area is 169 Å². The molecular weight excluding hydrogens is 334 g/mol. The molecular formula is C24H44NO2. The maximum Gasteiger partial charge on any atom is 0.0487 e. The number of ether oxygens (including phenoxy) is 2. The van der Waals surface area contributed by atoms with Gasteiger partial charge in [-0.25, -0.2) is 0 Å². The van der Waals surface area contributed by atoms with Crippen molar-refractivity contribution in [2.75, 3.05) is 33.0 Å². The van der Waals surface area contributed by atoms with Crippen molar-refractivity contribution >= 4 is 0 Å². The maximum absolute atomic E-state index is 5.63. The fourth-order valence-electron chi connectivity index (χ4n) is 2.56. The standard InChI is InChI=1S/C24H44NO2/c1-22(2)12-8-14-24(4)16-9-15-23(3)13-6-5-7-18-26-20-11-21-27-19-10-17-25/h6,12-13,16H,5,7-11,14-15,17-21,25H2,1-4H3. The van der Waals surface area contributed by atoms with Crippen LogP contribution >= 0.6 is 0 Å². The second kappa shape index (κ2) is 19.9. The Morgan fingerprint density at radius 1 is 0.704 bits per heavy atom. The van der Waals surface area contributed by atoms with Crippen LogP contribution in [0, 0.1) is 6.42 Å². The lowest BCUT2D eigenvalue weighted by Crippen LogP contribution is -2.06. The van der Waals surface area contributed by atoms with Crippen LogP contribution in [0.25, 0.3) is 0 Å². The molecule has 0 heterocycles. The first-order valence-electron chi connectivity index (χ1n) is 10.7. The van der Waals surface area contributed by atoms with Crippen LogP contribution in [0.2, 0.25) is 0 Å². The van der Waals surface area contributed by atoms with E-state index in [0.717, 1.165) is 71.4 Å². The van der Waals surface area contributed by atoms with Crippen LogP contribution < -0.4 is 5.73 Å². The van der Waals surface area contributed by atoms with Crippen molar-refractivity contribution in [3.63, 3.8) is 0 Å². The Morgan fingerprint density at radius 3 is 1.96 bits per heavy atom. The summed E-state index contributed by atoms with van der Waals surface area (Å²) in [5, 5.41) is 0. The van der Waals surface area contributed by atoms with Gasteiger partial charge in [-0.05, 0) is 92.0 Å². The third-order valence-electron chi connectivity index (χ3n) is 4.25. The van der Waals surface area contributed by atoms with Crippen molar-refractivity contribution in [1.29, 1.82) is 0 Å². The minimum absolute atomic E-state index is 0.702. The fraction of sp³-hybridized carbons (Fsp3) is 0.708. The Morgan fingerprint density at radius 2 is 1.30 bits per heavy atom. The summed E-state index contributed by atoms with van der Waals surface area (Å²) in [7, 11) is 0. The van der Waals surface area contributed by atoms with E-state index in [2.05, 4.69) is 52.3 Å². The molecule has 0 saturated carbocycles. The zero-order valence-electron chi connectivity index (χ0n) is 18.4. The van der Waals surface area contributed by atoms with Crippen molar-refractivity contribution in [1.82, 2.24) is 0 Å². The third kappa shape index (κ3) is 21.3. The molecule has 2 N–H and O–H groups in total. The van der Waals surface area contributed by atoms with Crippen LogP contribution in [0.5, 0.6) is 0 Å². The zero-order chi connectivity index (χ0) is 20.2. The SMILES string of the molecule is CC(C)=CCCC(C)=CCCC(C)=C[CH]CCCOCCCOCCCN. The molecule has 1 radical (unpaired) electrons. The lowest BCUT2D eigenvalue weighted by Gasteiger charge is -2.05. The summed E-state index contributed by atoms with van der Waals surface area (Å²) in [6.07, 6.45) is 18.0. The molecule has 0 amide bonds. The average molecular weight is 379 g/mol. The van der Waals surface area contributed by atoms with Gasteiger partial charge in [-0.3, -0.25) is 0 Å². The Hall–Kier alpha value is -0.900. The van der Waals surface area contributed by atoms with E-state index >= 15 is 0 Å². The van der Waals surface area contributed by atoms with Gasteiger partial charge in [0.25, 0.3) is 0 Å².